The number of carboxylic acids is 1. The quantitative estimate of drug-likeness (QED) is 0.889. The van der Waals surface area contributed by atoms with Gasteiger partial charge in [0.2, 0.25) is 0 Å². The van der Waals surface area contributed by atoms with Crippen LogP contribution in [0.4, 0.5) is 5.69 Å². The second kappa shape index (κ2) is 5.46. The largest absolute Gasteiger partial charge is 0.478 e. The zero-order valence-corrected chi connectivity index (χ0v) is 11.5. The minimum absolute atomic E-state index is 0.163. The van der Waals surface area contributed by atoms with Gasteiger partial charge in [0.1, 0.15) is 11.3 Å². The lowest BCUT2D eigenvalue weighted by molar-refractivity contribution is 0.0694. The zero-order chi connectivity index (χ0) is 13.1. The summed E-state index contributed by atoms with van der Waals surface area (Å²) in [5, 5.41) is 12.6. The van der Waals surface area contributed by atoms with Crippen LogP contribution in [0, 0.1) is 0 Å². The number of nitrogens with one attached hydrogen (secondary N) is 1. The summed E-state index contributed by atoms with van der Waals surface area (Å²) in [7, 11) is 0. The van der Waals surface area contributed by atoms with E-state index < -0.39 is 5.97 Å². The molecule has 0 fully saturated rings. The van der Waals surface area contributed by atoms with Crippen LogP contribution in [-0.2, 0) is 6.54 Å². The third-order valence-corrected chi connectivity index (χ3v) is 3.56. The van der Waals surface area contributed by atoms with Crippen LogP contribution in [0.3, 0.4) is 0 Å². The molecule has 0 radical (unpaired) electrons. The first kappa shape index (κ1) is 13.0. The normalized spacial score (nSPS) is 10.3. The molecule has 6 heteroatoms. The van der Waals surface area contributed by atoms with E-state index in [-0.39, 0.29) is 5.56 Å². The van der Waals surface area contributed by atoms with E-state index in [1.54, 1.807) is 12.1 Å². The highest BCUT2D eigenvalue weighted by Crippen LogP contribution is 2.26. The van der Waals surface area contributed by atoms with E-state index in [0.29, 0.717) is 17.3 Å². The van der Waals surface area contributed by atoms with Crippen molar-refractivity contribution in [3.05, 3.63) is 51.3 Å². The second-order valence-electron chi connectivity index (χ2n) is 3.55. The highest BCUT2D eigenvalue weighted by molar-refractivity contribution is 9.10. The first-order valence-corrected chi connectivity index (χ1v) is 6.23. The summed E-state index contributed by atoms with van der Waals surface area (Å²) in [5.74, 6) is -0.619. The van der Waals surface area contributed by atoms with Gasteiger partial charge in [-0.2, -0.15) is 0 Å². The molecule has 0 spiro atoms. The van der Waals surface area contributed by atoms with Gasteiger partial charge in [0.05, 0.1) is 17.8 Å². The molecule has 2 N–H and O–H groups in total. The Bertz CT molecular complexity index is 582. The number of anilines is 1. The van der Waals surface area contributed by atoms with E-state index >= 15 is 0 Å². The van der Waals surface area contributed by atoms with Crippen LogP contribution < -0.4 is 5.32 Å². The molecule has 1 aromatic heterocycles. The zero-order valence-electron chi connectivity index (χ0n) is 9.11. The van der Waals surface area contributed by atoms with Crippen LogP contribution in [0.25, 0.3) is 0 Å². The third-order valence-electron chi connectivity index (χ3n) is 2.35. The predicted molar refractivity (Wildman–Crippen MR) is 72.1 cm³/mol. The summed E-state index contributed by atoms with van der Waals surface area (Å²) in [6, 6.07) is 6.79. The van der Waals surface area contributed by atoms with Gasteiger partial charge in [-0.1, -0.05) is 11.6 Å². The van der Waals surface area contributed by atoms with E-state index in [4.69, 9.17) is 21.1 Å². The summed E-state index contributed by atoms with van der Waals surface area (Å²) in [6.45, 7) is 0.294. The lowest BCUT2D eigenvalue weighted by Crippen LogP contribution is -2.04. The fourth-order valence-electron chi connectivity index (χ4n) is 1.46. The lowest BCUT2D eigenvalue weighted by atomic mass is 10.2. The number of furan rings is 1. The van der Waals surface area contributed by atoms with Crippen LogP contribution in [0.2, 0.25) is 5.02 Å². The van der Waals surface area contributed by atoms with Gasteiger partial charge >= 0.3 is 5.97 Å². The van der Waals surface area contributed by atoms with Crippen molar-refractivity contribution >= 4 is 39.2 Å². The number of hydrogen-bond donors (Lipinski definition) is 2. The second-order valence-corrected chi connectivity index (χ2v) is 4.81. The Morgan fingerprint density at radius 3 is 2.89 bits per heavy atom. The first-order chi connectivity index (χ1) is 8.58. The summed E-state index contributed by atoms with van der Waals surface area (Å²) >= 11 is 9.19. The van der Waals surface area contributed by atoms with Crippen molar-refractivity contribution in [2.45, 2.75) is 6.54 Å². The molecular weight excluding hydrogens is 321 g/mol. The van der Waals surface area contributed by atoms with Crippen molar-refractivity contribution < 1.29 is 14.3 Å². The number of benzene rings is 1. The number of rotatable bonds is 4. The molecule has 2 rings (SSSR count). The molecule has 0 bridgehead atoms. The van der Waals surface area contributed by atoms with E-state index in [0.717, 1.165) is 10.2 Å². The fourth-order valence-corrected chi connectivity index (χ4v) is 1.95. The van der Waals surface area contributed by atoms with Crippen molar-refractivity contribution in [2.75, 3.05) is 5.32 Å². The van der Waals surface area contributed by atoms with Gasteiger partial charge in [0.25, 0.3) is 0 Å². The van der Waals surface area contributed by atoms with Crippen molar-refractivity contribution in [1.29, 1.82) is 0 Å². The molecule has 94 valence electrons. The molecule has 1 aromatic carbocycles. The average Bonchev–Trinajstić information content (AvgIpc) is 2.79. The molecule has 0 aliphatic rings. The minimum atomic E-state index is -1.00. The van der Waals surface area contributed by atoms with Crippen LogP contribution in [0.1, 0.15) is 16.1 Å². The predicted octanol–water partition coefficient (Wildman–Crippen LogP) is 4.01. The lowest BCUT2D eigenvalue weighted by Gasteiger charge is -2.06. The number of hydrogen-bond acceptors (Lipinski definition) is 3. The van der Waals surface area contributed by atoms with Gasteiger partial charge in [0, 0.05) is 10.2 Å². The topological polar surface area (TPSA) is 62.5 Å². The molecule has 0 atom stereocenters. The molecule has 1 heterocycles. The molecule has 0 aliphatic carbocycles. The Balaban J connectivity index is 2.09. The highest BCUT2D eigenvalue weighted by atomic mass is 79.9. The maximum Gasteiger partial charge on any atom is 0.339 e. The number of carboxylic acid groups (broad SMARTS) is 1. The Labute approximate surface area is 117 Å². The van der Waals surface area contributed by atoms with Crippen LogP contribution in [0.5, 0.6) is 0 Å². The maximum absolute atomic E-state index is 10.9. The van der Waals surface area contributed by atoms with Crippen LogP contribution in [-0.4, -0.2) is 11.1 Å². The Hall–Kier alpha value is -1.46. The van der Waals surface area contributed by atoms with Gasteiger partial charge in [-0.3, -0.25) is 0 Å². The molecular formula is C12H9BrClNO3. The fraction of sp³-hybridized carbons (Fsp3) is 0.0833. The Morgan fingerprint density at radius 2 is 2.22 bits per heavy atom. The van der Waals surface area contributed by atoms with E-state index in [9.17, 15) is 4.79 Å². The molecule has 0 aliphatic heterocycles. The first-order valence-electron chi connectivity index (χ1n) is 5.06. The van der Waals surface area contributed by atoms with E-state index in [1.807, 2.05) is 6.07 Å². The summed E-state index contributed by atoms with van der Waals surface area (Å²) in [4.78, 5) is 10.9. The van der Waals surface area contributed by atoms with Crippen LogP contribution >= 0.6 is 27.5 Å². The van der Waals surface area contributed by atoms with Crippen molar-refractivity contribution in [2.24, 2.45) is 0 Å². The molecule has 0 saturated carbocycles. The Morgan fingerprint density at radius 1 is 1.44 bits per heavy atom. The smallest absolute Gasteiger partial charge is 0.339 e. The number of aromatic carboxylic acids is 1. The van der Waals surface area contributed by atoms with Crippen molar-refractivity contribution in [1.82, 2.24) is 0 Å². The molecule has 0 amide bonds. The third kappa shape index (κ3) is 2.86. The molecule has 0 saturated heterocycles. The van der Waals surface area contributed by atoms with Gasteiger partial charge in [0.15, 0.2) is 0 Å². The summed E-state index contributed by atoms with van der Waals surface area (Å²) in [5.41, 5.74) is 0.981. The molecule has 2 aromatic rings. The van der Waals surface area contributed by atoms with Crippen molar-refractivity contribution in [3.63, 3.8) is 0 Å². The van der Waals surface area contributed by atoms with Crippen molar-refractivity contribution in [3.8, 4) is 0 Å². The molecule has 4 nitrogen and oxygen atoms in total. The number of halogens is 2. The van der Waals surface area contributed by atoms with E-state index in [1.165, 1.54) is 12.3 Å². The Kier molecular flexibility index (Phi) is 3.93. The summed E-state index contributed by atoms with van der Waals surface area (Å²) < 4.78 is 5.89. The van der Waals surface area contributed by atoms with E-state index in [2.05, 4.69) is 21.2 Å². The monoisotopic (exact) mass is 329 g/mol. The highest BCUT2D eigenvalue weighted by Gasteiger charge is 2.12. The summed E-state index contributed by atoms with van der Waals surface area (Å²) in [6.07, 6.45) is 1.36. The standard InChI is InChI=1S/C12H9BrClNO3/c13-9-5-7(1-2-10(9)14)15-6-11-8(12(16)17)3-4-18-11/h1-5,15H,6H2,(H,16,17). The molecule has 0 unspecified atom stereocenters. The van der Waals surface area contributed by atoms with Gasteiger partial charge in [-0.15, -0.1) is 0 Å². The molecule has 18 heavy (non-hydrogen) atoms. The average molecular weight is 331 g/mol. The van der Waals surface area contributed by atoms with Gasteiger partial charge in [-0.05, 0) is 40.2 Å². The SMILES string of the molecule is O=C(O)c1ccoc1CNc1ccc(Cl)c(Br)c1. The maximum atomic E-state index is 10.9. The van der Waals surface area contributed by atoms with Gasteiger partial charge < -0.3 is 14.8 Å². The minimum Gasteiger partial charge on any atom is -0.478 e. The van der Waals surface area contributed by atoms with Gasteiger partial charge in [-0.25, -0.2) is 4.79 Å². The number of carbonyl (C=O) groups is 1. The van der Waals surface area contributed by atoms with Crippen LogP contribution in [0.15, 0.2) is 39.4 Å².